The van der Waals surface area contributed by atoms with Crippen LogP contribution in [0.1, 0.15) is 23.8 Å². The van der Waals surface area contributed by atoms with Crippen molar-refractivity contribution in [2.45, 2.75) is 13.3 Å². The first-order valence-corrected chi connectivity index (χ1v) is 7.73. The third-order valence-electron chi connectivity index (χ3n) is 2.73. The van der Waals surface area contributed by atoms with Crippen molar-refractivity contribution in [2.75, 3.05) is 6.61 Å². The molecule has 2 rings (SSSR count). The first-order chi connectivity index (χ1) is 10.1. The monoisotopic (exact) mass is 322 g/mol. The molecule has 1 heterocycles. The molecule has 0 aliphatic heterocycles. The molecular formula is C16H15ClO3S. The van der Waals surface area contributed by atoms with Crippen LogP contribution in [0.4, 0.5) is 0 Å². The van der Waals surface area contributed by atoms with Gasteiger partial charge in [0.2, 0.25) is 0 Å². The Hall–Kier alpha value is -1.78. The highest BCUT2D eigenvalue weighted by Gasteiger charge is 2.12. The number of carbonyl (C=O) groups is 1. The molecule has 2 aromatic rings. The van der Waals surface area contributed by atoms with E-state index in [2.05, 4.69) is 0 Å². The van der Waals surface area contributed by atoms with Crippen LogP contribution in [0.3, 0.4) is 0 Å². The summed E-state index contributed by atoms with van der Waals surface area (Å²) in [4.78, 5) is 12.0. The minimum absolute atomic E-state index is 0.231. The van der Waals surface area contributed by atoms with Gasteiger partial charge in [0.25, 0.3) is 0 Å². The zero-order valence-corrected chi connectivity index (χ0v) is 13.1. The number of ether oxygens (including phenoxy) is 1. The lowest BCUT2D eigenvalue weighted by molar-refractivity contribution is -0.130. The number of aliphatic carboxylic acids is 1. The summed E-state index contributed by atoms with van der Waals surface area (Å²) < 4.78 is 6.07. The van der Waals surface area contributed by atoms with Crippen LogP contribution in [0, 0.1) is 0 Å². The molecule has 21 heavy (non-hydrogen) atoms. The Morgan fingerprint density at radius 2 is 2.00 bits per heavy atom. The van der Waals surface area contributed by atoms with E-state index < -0.39 is 5.97 Å². The van der Waals surface area contributed by atoms with Gasteiger partial charge >= 0.3 is 5.97 Å². The number of rotatable bonds is 6. The van der Waals surface area contributed by atoms with Crippen molar-refractivity contribution < 1.29 is 14.6 Å². The average Bonchev–Trinajstić information content (AvgIpc) is 2.89. The van der Waals surface area contributed by atoms with Gasteiger partial charge in [-0.25, -0.2) is 4.79 Å². The zero-order valence-electron chi connectivity index (χ0n) is 11.5. The Morgan fingerprint density at radius 3 is 2.52 bits per heavy atom. The molecule has 0 radical (unpaired) electrons. The fraction of sp³-hybridized carbons (Fsp3) is 0.188. The summed E-state index contributed by atoms with van der Waals surface area (Å²) in [6.45, 7) is 2.71. The highest BCUT2D eigenvalue weighted by Crippen LogP contribution is 2.29. The molecule has 0 saturated heterocycles. The molecule has 0 atom stereocenters. The fourth-order valence-corrected chi connectivity index (χ4v) is 2.79. The molecule has 0 aliphatic rings. The summed E-state index contributed by atoms with van der Waals surface area (Å²) in [6, 6.07) is 10.8. The lowest BCUT2D eigenvalue weighted by Crippen LogP contribution is -1.98. The summed E-state index contributed by atoms with van der Waals surface area (Å²) in [5.74, 6) is -0.190. The van der Waals surface area contributed by atoms with E-state index in [9.17, 15) is 9.90 Å². The van der Waals surface area contributed by atoms with E-state index >= 15 is 0 Å². The van der Waals surface area contributed by atoms with Crippen molar-refractivity contribution in [3.05, 3.63) is 51.2 Å². The maximum atomic E-state index is 11.4. The third-order valence-corrected chi connectivity index (χ3v) is 4.00. The Bertz CT molecular complexity index is 644. The van der Waals surface area contributed by atoms with Gasteiger partial charge in [0.15, 0.2) is 0 Å². The highest BCUT2D eigenvalue weighted by atomic mass is 35.5. The van der Waals surface area contributed by atoms with Gasteiger partial charge in [-0.05, 0) is 42.3 Å². The molecule has 5 heteroatoms. The fourth-order valence-electron chi connectivity index (χ4n) is 1.74. The SMILES string of the molecule is CCCOc1ccc(/C=C(\C(=O)O)c2ccc(Cl)s2)cc1. The summed E-state index contributed by atoms with van der Waals surface area (Å²) in [6.07, 6.45) is 2.58. The normalized spacial score (nSPS) is 11.4. The van der Waals surface area contributed by atoms with Crippen molar-refractivity contribution in [1.29, 1.82) is 0 Å². The topological polar surface area (TPSA) is 46.5 Å². The number of hydrogen-bond acceptors (Lipinski definition) is 3. The van der Waals surface area contributed by atoms with E-state index in [0.29, 0.717) is 15.8 Å². The van der Waals surface area contributed by atoms with E-state index in [1.165, 1.54) is 11.3 Å². The summed E-state index contributed by atoms with van der Waals surface area (Å²) >= 11 is 7.11. The van der Waals surface area contributed by atoms with Crippen molar-refractivity contribution in [3.63, 3.8) is 0 Å². The van der Waals surface area contributed by atoms with E-state index in [0.717, 1.165) is 17.7 Å². The van der Waals surface area contributed by atoms with Gasteiger partial charge in [-0.2, -0.15) is 0 Å². The van der Waals surface area contributed by atoms with Gasteiger partial charge in [-0.3, -0.25) is 0 Å². The zero-order chi connectivity index (χ0) is 15.2. The number of carboxylic acids is 1. The second kappa shape index (κ2) is 7.29. The van der Waals surface area contributed by atoms with E-state index in [1.54, 1.807) is 18.2 Å². The van der Waals surface area contributed by atoms with Crippen LogP contribution >= 0.6 is 22.9 Å². The molecule has 1 aromatic heterocycles. The molecule has 0 fully saturated rings. The number of carboxylic acid groups (broad SMARTS) is 1. The molecule has 3 nitrogen and oxygen atoms in total. The predicted molar refractivity (Wildman–Crippen MR) is 87.1 cm³/mol. The smallest absolute Gasteiger partial charge is 0.337 e. The van der Waals surface area contributed by atoms with Crippen LogP contribution in [-0.4, -0.2) is 17.7 Å². The van der Waals surface area contributed by atoms with Crippen molar-refractivity contribution >= 4 is 40.6 Å². The molecule has 0 bridgehead atoms. The Labute approximate surface area is 132 Å². The highest BCUT2D eigenvalue weighted by molar-refractivity contribution is 7.17. The maximum Gasteiger partial charge on any atom is 0.337 e. The molecule has 1 N–H and O–H groups in total. The minimum Gasteiger partial charge on any atom is -0.494 e. The van der Waals surface area contributed by atoms with Crippen LogP contribution in [0.25, 0.3) is 11.6 Å². The van der Waals surface area contributed by atoms with Gasteiger partial charge in [0.05, 0.1) is 16.5 Å². The minimum atomic E-state index is -0.972. The number of thiophene rings is 1. The first kappa shape index (κ1) is 15.6. The molecule has 0 spiro atoms. The largest absolute Gasteiger partial charge is 0.494 e. The van der Waals surface area contributed by atoms with Gasteiger partial charge in [-0.15, -0.1) is 11.3 Å². The number of halogens is 1. The second-order valence-corrected chi connectivity index (χ2v) is 6.10. The molecular weight excluding hydrogens is 308 g/mol. The third kappa shape index (κ3) is 4.34. The van der Waals surface area contributed by atoms with Crippen LogP contribution in [0.15, 0.2) is 36.4 Å². The molecule has 1 aromatic carbocycles. The summed E-state index contributed by atoms with van der Waals surface area (Å²) in [5.41, 5.74) is 1.04. The van der Waals surface area contributed by atoms with E-state index in [1.807, 2.05) is 31.2 Å². The summed E-state index contributed by atoms with van der Waals surface area (Å²) in [5, 5.41) is 9.34. The predicted octanol–water partition coefficient (Wildman–Crippen LogP) is 4.82. The average molecular weight is 323 g/mol. The van der Waals surface area contributed by atoms with E-state index in [4.69, 9.17) is 16.3 Å². The van der Waals surface area contributed by atoms with Gasteiger partial charge in [-0.1, -0.05) is 30.7 Å². The molecule has 0 unspecified atom stereocenters. The van der Waals surface area contributed by atoms with Gasteiger partial charge in [0, 0.05) is 4.88 Å². The van der Waals surface area contributed by atoms with Crippen molar-refractivity contribution in [2.24, 2.45) is 0 Å². The first-order valence-electron chi connectivity index (χ1n) is 6.53. The van der Waals surface area contributed by atoms with Gasteiger partial charge < -0.3 is 9.84 Å². The van der Waals surface area contributed by atoms with Crippen LogP contribution in [-0.2, 0) is 4.79 Å². The van der Waals surface area contributed by atoms with Crippen LogP contribution in [0.5, 0.6) is 5.75 Å². The van der Waals surface area contributed by atoms with Crippen LogP contribution < -0.4 is 4.74 Å². The Balaban J connectivity index is 2.24. The molecule has 0 saturated carbocycles. The summed E-state index contributed by atoms with van der Waals surface area (Å²) in [7, 11) is 0. The lowest BCUT2D eigenvalue weighted by Gasteiger charge is -2.05. The molecule has 0 amide bonds. The standard InChI is InChI=1S/C16H15ClO3S/c1-2-9-20-12-5-3-11(4-6-12)10-13(16(18)19)14-7-8-15(17)21-14/h3-8,10H,2,9H2,1H3,(H,18,19)/b13-10-. The molecule has 0 aliphatic carbocycles. The van der Waals surface area contributed by atoms with Crippen LogP contribution in [0.2, 0.25) is 4.34 Å². The number of hydrogen-bond donors (Lipinski definition) is 1. The Kier molecular flexibility index (Phi) is 5.42. The number of benzene rings is 1. The Morgan fingerprint density at radius 1 is 1.29 bits per heavy atom. The lowest BCUT2D eigenvalue weighted by atomic mass is 10.1. The van der Waals surface area contributed by atoms with Crippen molar-refractivity contribution in [1.82, 2.24) is 0 Å². The molecule has 110 valence electrons. The maximum absolute atomic E-state index is 11.4. The van der Waals surface area contributed by atoms with Crippen molar-refractivity contribution in [3.8, 4) is 5.75 Å². The van der Waals surface area contributed by atoms with Gasteiger partial charge in [0.1, 0.15) is 5.75 Å². The quantitative estimate of drug-likeness (QED) is 0.776. The second-order valence-electron chi connectivity index (χ2n) is 4.38. The van der Waals surface area contributed by atoms with E-state index in [-0.39, 0.29) is 5.57 Å².